The number of carboxylic acids is 1. The maximum absolute atomic E-state index is 11.7. The number of hydrogen-bond acceptors (Lipinski definition) is 4. The highest BCUT2D eigenvalue weighted by atomic mass is 16.4. The summed E-state index contributed by atoms with van der Waals surface area (Å²) in [5.41, 5.74) is 1.09. The van der Waals surface area contributed by atoms with E-state index in [2.05, 4.69) is 15.2 Å². The number of hydrogen-bond donors (Lipinski definition) is 4. The summed E-state index contributed by atoms with van der Waals surface area (Å²) in [6.45, 7) is -0.630. The van der Waals surface area contributed by atoms with E-state index in [9.17, 15) is 9.59 Å². The molecule has 0 bridgehead atoms. The molecule has 0 aliphatic carbocycles. The number of aromatic nitrogens is 2. The van der Waals surface area contributed by atoms with Gasteiger partial charge >= 0.3 is 5.97 Å². The van der Waals surface area contributed by atoms with Gasteiger partial charge in [0.25, 0.3) is 5.56 Å². The van der Waals surface area contributed by atoms with Crippen LogP contribution >= 0.6 is 0 Å². The molecule has 1 aromatic carbocycles. The highest BCUT2D eigenvalue weighted by Gasteiger charge is 2.15. The zero-order valence-electron chi connectivity index (χ0n) is 10.4. The Labute approximate surface area is 113 Å². The molecule has 7 heteroatoms. The van der Waals surface area contributed by atoms with Crippen molar-refractivity contribution >= 4 is 12.2 Å². The van der Waals surface area contributed by atoms with Gasteiger partial charge in [0.15, 0.2) is 6.04 Å². The van der Waals surface area contributed by atoms with Crippen LogP contribution in [0.2, 0.25) is 0 Å². The summed E-state index contributed by atoms with van der Waals surface area (Å²) in [5, 5.41) is 22.8. The van der Waals surface area contributed by atoms with Gasteiger partial charge in [0.05, 0.1) is 17.9 Å². The molecule has 0 unspecified atom stereocenters. The molecule has 0 saturated heterocycles. The molecule has 1 atom stereocenters. The first kappa shape index (κ1) is 13.8. The molecule has 7 nitrogen and oxygen atoms in total. The zero-order chi connectivity index (χ0) is 14.5. The lowest BCUT2D eigenvalue weighted by molar-refractivity contribution is -0.139. The van der Waals surface area contributed by atoms with E-state index in [1.54, 1.807) is 12.1 Å². The minimum Gasteiger partial charge on any atom is -0.480 e. The van der Waals surface area contributed by atoms with E-state index in [1.807, 2.05) is 18.2 Å². The number of carboxylic acid groups (broad SMARTS) is 1. The van der Waals surface area contributed by atoms with Crippen molar-refractivity contribution in [3.05, 3.63) is 46.2 Å². The zero-order valence-corrected chi connectivity index (χ0v) is 10.4. The fraction of sp³-hybridized carbons (Fsp3) is 0.154. The van der Waals surface area contributed by atoms with Crippen LogP contribution in [0.1, 0.15) is 5.56 Å². The van der Waals surface area contributed by atoms with Gasteiger partial charge in [-0.05, 0) is 0 Å². The van der Waals surface area contributed by atoms with Crippen LogP contribution in [0.3, 0.4) is 0 Å². The van der Waals surface area contributed by atoms with Crippen LogP contribution in [-0.2, 0) is 4.79 Å². The Morgan fingerprint density at radius 2 is 2.00 bits per heavy atom. The molecule has 0 spiro atoms. The minimum absolute atomic E-state index is 0.218. The molecule has 2 rings (SSSR count). The number of aliphatic carboxylic acids is 1. The lowest BCUT2D eigenvalue weighted by Crippen LogP contribution is -2.22. The summed E-state index contributed by atoms with van der Waals surface area (Å²) in [5.74, 6) is -1.25. The third kappa shape index (κ3) is 2.83. The smallest absolute Gasteiger partial charge is 0.330 e. The monoisotopic (exact) mass is 275 g/mol. The van der Waals surface area contributed by atoms with Crippen LogP contribution in [0.5, 0.6) is 0 Å². The molecule has 2 aromatic rings. The number of nitrogens with zero attached hydrogens (tertiary/aromatic N) is 1. The van der Waals surface area contributed by atoms with Gasteiger partial charge in [-0.3, -0.25) is 20.0 Å². The number of aliphatic imine (C=N–C) groups is 1. The maximum atomic E-state index is 11.7. The molecule has 20 heavy (non-hydrogen) atoms. The molecule has 104 valence electrons. The van der Waals surface area contributed by atoms with Gasteiger partial charge in [-0.15, -0.1) is 0 Å². The van der Waals surface area contributed by atoms with Crippen molar-refractivity contribution in [3.63, 3.8) is 0 Å². The topological polar surface area (TPSA) is 119 Å². The second-order valence-electron chi connectivity index (χ2n) is 4.05. The average molecular weight is 275 g/mol. The quantitative estimate of drug-likeness (QED) is 0.584. The highest BCUT2D eigenvalue weighted by molar-refractivity contribution is 5.89. The number of H-pyrrole nitrogens is 2. The van der Waals surface area contributed by atoms with Crippen molar-refractivity contribution in [2.45, 2.75) is 6.04 Å². The van der Waals surface area contributed by atoms with Crippen LogP contribution in [-0.4, -0.2) is 45.2 Å². The summed E-state index contributed by atoms with van der Waals surface area (Å²) < 4.78 is 0. The number of rotatable bonds is 5. The molecule has 0 amide bonds. The Morgan fingerprint density at radius 3 is 2.60 bits per heavy atom. The van der Waals surface area contributed by atoms with Gasteiger partial charge in [0.2, 0.25) is 0 Å². The molecule has 1 heterocycles. The lowest BCUT2D eigenvalue weighted by Gasteiger charge is -2.02. The molecule has 1 aromatic heterocycles. The average Bonchev–Trinajstić information content (AvgIpc) is 2.81. The summed E-state index contributed by atoms with van der Waals surface area (Å²) in [6.07, 6.45) is 1.16. The van der Waals surface area contributed by atoms with Gasteiger partial charge in [-0.25, -0.2) is 4.79 Å². The van der Waals surface area contributed by atoms with Crippen molar-refractivity contribution in [2.75, 3.05) is 6.61 Å². The fourth-order valence-corrected chi connectivity index (χ4v) is 1.68. The van der Waals surface area contributed by atoms with Gasteiger partial charge in [-0.1, -0.05) is 30.3 Å². The number of nitrogens with one attached hydrogen (secondary N) is 2. The Bertz CT molecular complexity index is 672. The molecule has 4 N–H and O–H groups in total. The van der Waals surface area contributed by atoms with Crippen molar-refractivity contribution in [1.82, 2.24) is 10.2 Å². The van der Waals surface area contributed by atoms with Gasteiger partial charge in [0.1, 0.15) is 0 Å². The largest absolute Gasteiger partial charge is 0.480 e. The molecule has 0 radical (unpaired) electrons. The van der Waals surface area contributed by atoms with Gasteiger partial charge < -0.3 is 10.2 Å². The Balaban J connectivity index is 2.38. The normalized spacial score (nSPS) is 12.7. The Morgan fingerprint density at radius 1 is 1.30 bits per heavy atom. The molecule has 0 fully saturated rings. The number of aliphatic hydroxyl groups is 1. The van der Waals surface area contributed by atoms with Crippen LogP contribution in [0.15, 0.2) is 40.1 Å². The van der Waals surface area contributed by atoms with Crippen molar-refractivity contribution in [3.8, 4) is 11.3 Å². The molecular weight excluding hydrogens is 262 g/mol. The van der Waals surface area contributed by atoms with E-state index in [0.29, 0.717) is 5.69 Å². The molecule has 0 aliphatic heterocycles. The van der Waals surface area contributed by atoms with E-state index in [4.69, 9.17) is 10.2 Å². The van der Waals surface area contributed by atoms with Gasteiger partial charge in [-0.2, -0.15) is 0 Å². The minimum atomic E-state index is -1.28. The molecule has 0 saturated carbocycles. The number of benzene rings is 1. The van der Waals surface area contributed by atoms with E-state index in [-0.39, 0.29) is 5.56 Å². The first-order valence-electron chi connectivity index (χ1n) is 5.86. The predicted molar refractivity (Wildman–Crippen MR) is 73.0 cm³/mol. The van der Waals surface area contributed by atoms with Crippen molar-refractivity contribution < 1.29 is 15.0 Å². The van der Waals surface area contributed by atoms with E-state index < -0.39 is 24.2 Å². The lowest BCUT2D eigenvalue weighted by atomic mass is 10.1. The van der Waals surface area contributed by atoms with Crippen molar-refractivity contribution in [1.29, 1.82) is 0 Å². The highest BCUT2D eigenvalue weighted by Crippen LogP contribution is 2.17. The van der Waals surface area contributed by atoms with Gasteiger partial charge in [0, 0.05) is 11.8 Å². The Kier molecular flexibility index (Phi) is 4.11. The second-order valence-corrected chi connectivity index (χ2v) is 4.05. The second kappa shape index (κ2) is 5.98. The first-order valence-corrected chi connectivity index (χ1v) is 5.86. The van der Waals surface area contributed by atoms with Crippen LogP contribution in [0.4, 0.5) is 0 Å². The first-order chi connectivity index (χ1) is 9.63. The molecular formula is C13H13N3O4. The SMILES string of the molecule is O=C(O)[C@H](CO)N=Cc1c(-c2ccccc2)[nH][nH]c1=O. The van der Waals surface area contributed by atoms with E-state index >= 15 is 0 Å². The summed E-state index contributed by atoms with van der Waals surface area (Å²) in [6, 6.07) is 7.79. The van der Waals surface area contributed by atoms with Crippen molar-refractivity contribution in [2.24, 2.45) is 4.99 Å². The number of carbonyl (C=O) groups is 1. The maximum Gasteiger partial charge on any atom is 0.330 e. The van der Waals surface area contributed by atoms with Crippen LogP contribution in [0.25, 0.3) is 11.3 Å². The number of aromatic amines is 2. The van der Waals surface area contributed by atoms with Crippen LogP contribution < -0.4 is 5.56 Å². The number of aliphatic hydroxyl groups excluding tert-OH is 1. The van der Waals surface area contributed by atoms with Crippen LogP contribution in [0, 0.1) is 0 Å². The standard InChI is InChI=1S/C13H13N3O4/c17-7-10(13(19)20)14-6-9-11(15-16-12(9)18)8-4-2-1-3-5-8/h1-6,10,17H,7H2,(H,19,20)(H2,15,16,18)/t10-/m0/s1. The predicted octanol–water partition coefficient (Wildman–Crippen LogP) is 0.234. The van der Waals surface area contributed by atoms with E-state index in [0.717, 1.165) is 11.8 Å². The third-order valence-corrected chi connectivity index (χ3v) is 2.72. The van der Waals surface area contributed by atoms with E-state index in [1.165, 1.54) is 0 Å². The third-order valence-electron chi connectivity index (χ3n) is 2.72. The fourth-order valence-electron chi connectivity index (χ4n) is 1.68. The summed E-state index contributed by atoms with van der Waals surface area (Å²) >= 11 is 0. The Hall–Kier alpha value is -2.67. The summed E-state index contributed by atoms with van der Waals surface area (Å²) in [7, 11) is 0. The molecule has 0 aliphatic rings. The summed E-state index contributed by atoms with van der Waals surface area (Å²) in [4.78, 5) is 26.2.